The maximum Gasteiger partial charge on any atom is 0.309 e. The molecule has 2 unspecified atom stereocenters. The highest BCUT2D eigenvalue weighted by Gasteiger charge is 2.45. The third kappa shape index (κ3) is 1.89. The maximum atomic E-state index is 11.3. The molecule has 1 aliphatic carbocycles. The second kappa shape index (κ2) is 3.69. The van der Waals surface area contributed by atoms with E-state index in [-0.39, 0.29) is 11.9 Å². The molecule has 0 amide bonds. The van der Waals surface area contributed by atoms with Crippen molar-refractivity contribution in [1.29, 1.82) is 0 Å². The summed E-state index contributed by atoms with van der Waals surface area (Å²) in [5.41, 5.74) is 3.84. The molecule has 1 aliphatic rings. The normalized spacial score (nSPS) is 23.7. The van der Waals surface area contributed by atoms with Gasteiger partial charge in [-0.1, -0.05) is 23.8 Å². The van der Waals surface area contributed by atoms with Crippen molar-refractivity contribution in [3.8, 4) is 0 Å². The van der Waals surface area contributed by atoms with Crippen LogP contribution in [-0.4, -0.2) is 13.1 Å². The number of ether oxygens (including phenoxy) is 1. The maximum absolute atomic E-state index is 11.3. The van der Waals surface area contributed by atoms with Crippen LogP contribution in [0, 0.1) is 19.8 Å². The van der Waals surface area contributed by atoms with Crippen molar-refractivity contribution in [3.63, 3.8) is 0 Å². The summed E-state index contributed by atoms with van der Waals surface area (Å²) in [4.78, 5) is 11.3. The van der Waals surface area contributed by atoms with Gasteiger partial charge in [-0.3, -0.25) is 4.79 Å². The molecule has 1 aromatic carbocycles. The van der Waals surface area contributed by atoms with Crippen molar-refractivity contribution in [1.82, 2.24) is 0 Å². The molecule has 1 saturated carbocycles. The van der Waals surface area contributed by atoms with Crippen LogP contribution in [0.5, 0.6) is 0 Å². The summed E-state index contributed by atoms with van der Waals surface area (Å²) in [6.45, 7) is 4.18. The van der Waals surface area contributed by atoms with E-state index in [0.717, 1.165) is 6.42 Å². The Bertz CT molecular complexity index is 396. The Morgan fingerprint density at radius 1 is 1.40 bits per heavy atom. The fourth-order valence-electron chi connectivity index (χ4n) is 2.11. The van der Waals surface area contributed by atoms with Crippen molar-refractivity contribution < 1.29 is 9.53 Å². The van der Waals surface area contributed by atoms with Gasteiger partial charge in [0.15, 0.2) is 0 Å². The molecule has 0 heterocycles. The van der Waals surface area contributed by atoms with E-state index in [1.807, 2.05) is 0 Å². The molecule has 15 heavy (non-hydrogen) atoms. The van der Waals surface area contributed by atoms with Gasteiger partial charge in [-0.05, 0) is 37.3 Å². The molecular formula is C13H16O2. The Morgan fingerprint density at radius 3 is 2.80 bits per heavy atom. The third-order valence-electron chi connectivity index (χ3n) is 3.13. The van der Waals surface area contributed by atoms with Gasteiger partial charge in [0.25, 0.3) is 0 Å². The molecule has 2 nitrogen and oxygen atoms in total. The van der Waals surface area contributed by atoms with Crippen molar-refractivity contribution in [3.05, 3.63) is 34.9 Å². The Balaban J connectivity index is 2.19. The molecule has 0 aliphatic heterocycles. The van der Waals surface area contributed by atoms with Gasteiger partial charge in [-0.15, -0.1) is 0 Å². The van der Waals surface area contributed by atoms with E-state index >= 15 is 0 Å². The minimum Gasteiger partial charge on any atom is -0.469 e. The second-order valence-electron chi connectivity index (χ2n) is 4.33. The molecule has 0 N–H and O–H groups in total. The van der Waals surface area contributed by atoms with E-state index in [9.17, 15) is 4.79 Å². The van der Waals surface area contributed by atoms with Crippen LogP contribution in [0.3, 0.4) is 0 Å². The zero-order chi connectivity index (χ0) is 11.0. The van der Waals surface area contributed by atoms with Crippen LogP contribution in [0.25, 0.3) is 0 Å². The van der Waals surface area contributed by atoms with E-state index in [0.29, 0.717) is 5.92 Å². The number of carbonyl (C=O) groups excluding carboxylic acids is 1. The second-order valence-corrected chi connectivity index (χ2v) is 4.33. The van der Waals surface area contributed by atoms with Gasteiger partial charge in [0, 0.05) is 0 Å². The summed E-state index contributed by atoms with van der Waals surface area (Å²) in [7, 11) is 1.46. The summed E-state index contributed by atoms with van der Waals surface area (Å²) in [6, 6.07) is 6.41. The minimum atomic E-state index is -0.0686. The van der Waals surface area contributed by atoms with Gasteiger partial charge >= 0.3 is 5.97 Å². The summed E-state index contributed by atoms with van der Waals surface area (Å²) in [6.07, 6.45) is 0.941. The topological polar surface area (TPSA) is 26.3 Å². The zero-order valence-corrected chi connectivity index (χ0v) is 9.41. The lowest BCUT2D eigenvalue weighted by molar-refractivity contribution is -0.142. The number of aryl methyl sites for hydroxylation is 2. The number of methoxy groups -OCH3 is 1. The third-order valence-corrected chi connectivity index (χ3v) is 3.13. The van der Waals surface area contributed by atoms with Crippen molar-refractivity contribution in [2.45, 2.75) is 26.2 Å². The molecule has 0 radical (unpaired) electrons. The van der Waals surface area contributed by atoms with E-state index in [4.69, 9.17) is 4.74 Å². The van der Waals surface area contributed by atoms with Gasteiger partial charge in [0.1, 0.15) is 0 Å². The number of rotatable bonds is 2. The molecule has 80 valence electrons. The van der Waals surface area contributed by atoms with Crippen molar-refractivity contribution >= 4 is 5.97 Å². The lowest BCUT2D eigenvalue weighted by atomic mass is 10.0. The van der Waals surface area contributed by atoms with Gasteiger partial charge < -0.3 is 4.74 Å². The number of hydrogen-bond acceptors (Lipinski definition) is 2. The van der Waals surface area contributed by atoms with Gasteiger partial charge in [-0.2, -0.15) is 0 Å². The lowest BCUT2D eigenvalue weighted by Gasteiger charge is -2.05. The number of carbonyl (C=O) groups is 1. The summed E-state index contributed by atoms with van der Waals surface area (Å²) < 4.78 is 4.76. The van der Waals surface area contributed by atoms with E-state index in [1.165, 1.54) is 23.8 Å². The van der Waals surface area contributed by atoms with Crippen LogP contribution in [0.1, 0.15) is 29.0 Å². The summed E-state index contributed by atoms with van der Waals surface area (Å²) in [5, 5.41) is 0. The molecular weight excluding hydrogens is 188 g/mol. The Kier molecular flexibility index (Phi) is 2.51. The summed E-state index contributed by atoms with van der Waals surface area (Å²) >= 11 is 0. The molecule has 2 atom stereocenters. The van der Waals surface area contributed by atoms with Crippen LogP contribution >= 0.6 is 0 Å². The Morgan fingerprint density at radius 2 is 2.13 bits per heavy atom. The highest BCUT2D eigenvalue weighted by atomic mass is 16.5. The largest absolute Gasteiger partial charge is 0.469 e. The van der Waals surface area contributed by atoms with Crippen LogP contribution < -0.4 is 0 Å². The molecule has 0 aromatic heterocycles. The Labute approximate surface area is 90.3 Å². The molecule has 0 spiro atoms. The van der Waals surface area contributed by atoms with Gasteiger partial charge in [-0.25, -0.2) is 0 Å². The lowest BCUT2D eigenvalue weighted by Crippen LogP contribution is -2.04. The average Bonchev–Trinajstić information content (AvgIpc) is 3.00. The first-order chi connectivity index (χ1) is 7.13. The minimum absolute atomic E-state index is 0.0686. The van der Waals surface area contributed by atoms with Crippen LogP contribution in [0.15, 0.2) is 18.2 Å². The van der Waals surface area contributed by atoms with Crippen LogP contribution in [-0.2, 0) is 9.53 Å². The van der Waals surface area contributed by atoms with Crippen molar-refractivity contribution in [2.75, 3.05) is 7.11 Å². The predicted molar refractivity (Wildman–Crippen MR) is 58.8 cm³/mol. The average molecular weight is 204 g/mol. The fourth-order valence-corrected chi connectivity index (χ4v) is 2.11. The van der Waals surface area contributed by atoms with Gasteiger partial charge in [0.05, 0.1) is 13.0 Å². The number of benzene rings is 1. The Hall–Kier alpha value is -1.31. The molecule has 1 aromatic rings. The van der Waals surface area contributed by atoms with Gasteiger partial charge in [0.2, 0.25) is 0 Å². The number of hydrogen-bond donors (Lipinski definition) is 0. The van der Waals surface area contributed by atoms with E-state index < -0.39 is 0 Å². The van der Waals surface area contributed by atoms with E-state index in [2.05, 4.69) is 32.0 Å². The van der Waals surface area contributed by atoms with E-state index in [1.54, 1.807) is 0 Å². The highest BCUT2D eigenvalue weighted by molar-refractivity contribution is 5.77. The molecule has 2 rings (SSSR count). The van der Waals surface area contributed by atoms with Crippen molar-refractivity contribution in [2.24, 2.45) is 5.92 Å². The molecule has 0 saturated heterocycles. The van der Waals surface area contributed by atoms with Crippen LogP contribution in [0.2, 0.25) is 0 Å². The quantitative estimate of drug-likeness (QED) is 0.692. The molecule has 2 heteroatoms. The molecule has 0 bridgehead atoms. The zero-order valence-electron chi connectivity index (χ0n) is 9.41. The smallest absolute Gasteiger partial charge is 0.309 e. The molecule has 1 fully saturated rings. The van der Waals surface area contributed by atoms with Crippen LogP contribution in [0.4, 0.5) is 0 Å². The standard InChI is InChI=1S/C13H16O2/c1-8-4-5-9(2)10(6-8)11-7-12(11)13(14)15-3/h4-6,11-12H,7H2,1-3H3. The monoisotopic (exact) mass is 204 g/mol. The summed E-state index contributed by atoms with van der Waals surface area (Å²) in [5.74, 6) is 0.411. The first-order valence-corrected chi connectivity index (χ1v) is 5.28. The fraction of sp³-hybridized carbons (Fsp3) is 0.462. The first-order valence-electron chi connectivity index (χ1n) is 5.28. The predicted octanol–water partition coefficient (Wildman–Crippen LogP) is 2.58. The first kappa shape index (κ1) is 10.2. The number of esters is 1. The SMILES string of the molecule is COC(=O)C1CC1c1cc(C)ccc1C. The highest BCUT2D eigenvalue weighted by Crippen LogP contribution is 2.49.